The summed E-state index contributed by atoms with van der Waals surface area (Å²) >= 11 is 0. The maximum absolute atomic E-state index is 14.1. The van der Waals surface area contributed by atoms with E-state index in [1.54, 1.807) is 12.1 Å². The number of halogens is 1. The minimum atomic E-state index is -0.202. The summed E-state index contributed by atoms with van der Waals surface area (Å²) in [5.41, 5.74) is 2.31. The Hall–Kier alpha value is -1.70. The van der Waals surface area contributed by atoms with E-state index in [9.17, 15) is 4.39 Å². The Morgan fingerprint density at radius 1 is 1.44 bits per heavy atom. The van der Waals surface area contributed by atoms with Crippen LogP contribution in [0.1, 0.15) is 23.9 Å². The van der Waals surface area contributed by atoms with E-state index in [-0.39, 0.29) is 5.82 Å². The molecule has 0 fully saturated rings. The Kier molecular flexibility index (Phi) is 2.73. The molecule has 0 saturated heterocycles. The molecule has 0 atom stereocenters. The first-order chi connectivity index (χ1) is 7.69. The zero-order valence-electron chi connectivity index (χ0n) is 9.55. The summed E-state index contributed by atoms with van der Waals surface area (Å²) in [6, 6.07) is 5.63. The van der Waals surface area contributed by atoms with Crippen LogP contribution in [0, 0.1) is 12.7 Å². The molecule has 2 heteroatoms. The molecule has 82 valence electrons. The molecule has 0 amide bonds. The first kappa shape index (κ1) is 10.8. The molecule has 0 saturated carbocycles. The predicted molar refractivity (Wildman–Crippen MR) is 65.9 cm³/mol. The van der Waals surface area contributed by atoms with Crippen LogP contribution < -0.4 is 0 Å². The highest BCUT2D eigenvalue weighted by Crippen LogP contribution is 2.26. The predicted octanol–water partition coefficient (Wildman–Crippen LogP) is 3.89. The highest BCUT2D eigenvalue weighted by Gasteiger charge is 2.12. The lowest BCUT2D eigenvalue weighted by Gasteiger charge is -2.09. The van der Waals surface area contributed by atoms with Crippen LogP contribution in [0.2, 0.25) is 0 Å². The van der Waals surface area contributed by atoms with E-state index >= 15 is 0 Å². The van der Waals surface area contributed by atoms with Crippen molar-refractivity contribution < 1.29 is 4.39 Å². The Bertz CT molecular complexity index is 558. The molecule has 0 aliphatic rings. The highest BCUT2D eigenvalue weighted by molar-refractivity contribution is 5.92. The van der Waals surface area contributed by atoms with Gasteiger partial charge in [0.05, 0.1) is 11.4 Å². The van der Waals surface area contributed by atoms with Gasteiger partial charge in [0.25, 0.3) is 0 Å². The molecule has 2 aromatic rings. The molecular weight excluding hydrogens is 201 g/mol. The SMILES string of the molecule is C=Cc1nc(CC)c(F)c2cccc(C)c12. The second-order valence-electron chi connectivity index (χ2n) is 3.81. The van der Waals surface area contributed by atoms with Crippen molar-refractivity contribution in [1.29, 1.82) is 0 Å². The monoisotopic (exact) mass is 215 g/mol. The number of hydrogen-bond donors (Lipinski definition) is 0. The lowest BCUT2D eigenvalue weighted by atomic mass is 10.0. The zero-order valence-corrected chi connectivity index (χ0v) is 9.55. The van der Waals surface area contributed by atoms with Crippen molar-refractivity contribution in [3.05, 3.63) is 47.5 Å². The number of nitrogens with zero attached hydrogens (tertiary/aromatic N) is 1. The molecule has 0 bridgehead atoms. The van der Waals surface area contributed by atoms with Gasteiger partial charge in [0.2, 0.25) is 0 Å². The summed E-state index contributed by atoms with van der Waals surface area (Å²) in [6.07, 6.45) is 2.28. The molecule has 0 radical (unpaired) electrons. The molecule has 1 nitrogen and oxygen atoms in total. The van der Waals surface area contributed by atoms with E-state index in [1.165, 1.54) is 0 Å². The summed E-state index contributed by atoms with van der Waals surface area (Å²) in [5, 5.41) is 1.51. The number of aromatic nitrogens is 1. The van der Waals surface area contributed by atoms with Gasteiger partial charge in [0, 0.05) is 10.8 Å². The quantitative estimate of drug-likeness (QED) is 0.740. The molecule has 2 rings (SSSR count). The van der Waals surface area contributed by atoms with E-state index in [2.05, 4.69) is 11.6 Å². The summed E-state index contributed by atoms with van der Waals surface area (Å²) in [5.74, 6) is -0.202. The normalized spacial score (nSPS) is 10.7. The van der Waals surface area contributed by atoms with Crippen LogP contribution in [0.3, 0.4) is 0 Å². The first-order valence-corrected chi connectivity index (χ1v) is 5.39. The van der Waals surface area contributed by atoms with Crippen molar-refractivity contribution >= 4 is 16.8 Å². The maximum atomic E-state index is 14.1. The van der Waals surface area contributed by atoms with Gasteiger partial charge in [-0.15, -0.1) is 0 Å². The molecule has 1 aromatic carbocycles. The molecule has 16 heavy (non-hydrogen) atoms. The van der Waals surface area contributed by atoms with Crippen molar-refractivity contribution in [2.45, 2.75) is 20.3 Å². The number of aryl methyl sites for hydroxylation is 2. The summed E-state index contributed by atoms with van der Waals surface area (Å²) < 4.78 is 14.1. The van der Waals surface area contributed by atoms with Gasteiger partial charge < -0.3 is 0 Å². The van der Waals surface area contributed by atoms with Gasteiger partial charge in [0.1, 0.15) is 0 Å². The van der Waals surface area contributed by atoms with Crippen molar-refractivity contribution in [3.63, 3.8) is 0 Å². The number of rotatable bonds is 2. The number of pyridine rings is 1. The topological polar surface area (TPSA) is 12.9 Å². The summed E-state index contributed by atoms with van der Waals surface area (Å²) in [6.45, 7) is 7.61. The van der Waals surface area contributed by atoms with Crippen LogP contribution in [0.15, 0.2) is 24.8 Å². The largest absolute Gasteiger partial charge is 0.250 e. The molecular formula is C14H14FN. The van der Waals surface area contributed by atoms with E-state index in [0.29, 0.717) is 17.5 Å². The van der Waals surface area contributed by atoms with Gasteiger partial charge in [0.15, 0.2) is 5.82 Å². The average molecular weight is 215 g/mol. The van der Waals surface area contributed by atoms with Gasteiger partial charge in [-0.1, -0.05) is 31.7 Å². The van der Waals surface area contributed by atoms with Gasteiger partial charge in [-0.2, -0.15) is 0 Å². The Labute approximate surface area is 94.6 Å². The lowest BCUT2D eigenvalue weighted by molar-refractivity contribution is 0.614. The minimum Gasteiger partial charge on any atom is -0.250 e. The first-order valence-electron chi connectivity index (χ1n) is 5.39. The average Bonchev–Trinajstić information content (AvgIpc) is 2.30. The number of fused-ring (bicyclic) bond motifs is 1. The third-order valence-corrected chi connectivity index (χ3v) is 2.80. The Balaban J connectivity index is 2.96. The van der Waals surface area contributed by atoms with Gasteiger partial charge in [-0.05, 0) is 25.0 Å². The summed E-state index contributed by atoms with van der Waals surface area (Å²) in [4.78, 5) is 4.31. The van der Waals surface area contributed by atoms with Crippen LogP contribution in [0.25, 0.3) is 16.8 Å². The third kappa shape index (κ3) is 1.51. The van der Waals surface area contributed by atoms with Gasteiger partial charge >= 0.3 is 0 Å². The van der Waals surface area contributed by atoms with E-state index in [1.807, 2.05) is 26.0 Å². The van der Waals surface area contributed by atoms with Crippen LogP contribution >= 0.6 is 0 Å². The Morgan fingerprint density at radius 2 is 2.19 bits per heavy atom. The van der Waals surface area contributed by atoms with Crippen molar-refractivity contribution in [3.8, 4) is 0 Å². The van der Waals surface area contributed by atoms with Crippen molar-refractivity contribution in [2.24, 2.45) is 0 Å². The summed E-state index contributed by atoms with van der Waals surface area (Å²) in [7, 11) is 0. The molecule has 1 heterocycles. The maximum Gasteiger partial charge on any atom is 0.152 e. The van der Waals surface area contributed by atoms with Gasteiger partial charge in [-0.25, -0.2) is 9.37 Å². The number of hydrogen-bond acceptors (Lipinski definition) is 1. The molecule has 0 N–H and O–H groups in total. The van der Waals surface area contributed by atoms with E-state index < -0.39 is 0 Å². The molecule has 0 spiro atoms. The molecule has 0 aliphatic carbocycles. The molecule has 0 unspecified atom stereocenters. The zero-order chi connectivity index (χ0) is 11.7. The fourth-order valence-electron chi connectivity index (χ4n) is 1.98. The standard InChI is InChI=1S/C14H14FN/c1-4-11-13-9(3)7-6-8-10(13)14(15)12(5-2)16-11/h4,6-8H,1,5H2,2-3H3. The van der Waals surface area contributed by atoms with Crippen LogP contribution in [0.5, 0.6) is 0 Å². The van der Waals surface area contributed by atoms with Crippen LogP contribution in [0.4, 0.5) is 4.39 Å². The number of benzene rings is 1. The second kappa shape index (κ2) is 4.05. The lowest BCUT2D eigenvalue weighted by Crippen LogP contribution is -1.99. The third-order valence-electron chi connectivity index (χ3n) is 2.80. The van der Waals surface area contributed by atoms with Crippen LogP contribution in [-0.2, 0) is 6.42 Å². The second-order valence-corrected chi connectivity index (χ2v) is 3.81. The highest BCUT2D eigenvalue weighted by atomic mass is 19.1. The fourth-order valence-corrected chi connectivity index (χ4v) is 1.98. The Morgan fingerprint density at radius 3 is 2.81 bits per heavy atom. The smallest absolute Gasteiger partial charge is 0.152 e. The van der Waals surface area contributed by atoms with Crippen molar-refractivity contribution in [2.75, 3.05) is 0 Å². The van der Waals surface area contributed by atoms with Gasteiger partial charge in [-0.3, -0.25) is 0 Å². The van der Waals surface area contributed by atoms with E-state index in [0.717, 1.165) is 16.6 Å². The van der Waals surface area contributed by atoms with E-state index in [4.69, 9.17) is 0 Å². The minimum absolute atomic E-state index is 0.202. The molecule has 1 aromatic heterocycles. The van der Waals surface area contributed by atoms with Crippen molar-refractivity contribution in [1.82, 2.24) is 4.98 Å². The van der Waals surface area contributed by atoms with Crippen LogP contribution in [-0.4, -0.2) is 4.98 Å². The molecule has 0 aliphatic heterocycles. The fraction of sp³-hybridized carbons (Fsp3) is 0.214.